The van der Waals surface area contributed by atoms with Crippen molar-refractivity contribution in [2.45, 2.75) is 122 Å². The molecule has 0 heterocycles. The Morgan fingerprint density at radius 1 is 0.848 bits per heavy atom. The zero-order chi connectivity index (χ0) is 24.5. The average Bonchev–Trinajstić information content (AvgIpc) is 3.00. The summed E-state index contributed by atoms with van der Waals surface area (Å²) in [4.78, 5) is 0. The molecule has 0 spiro atoms. The molecular weight excluding hydrogens is 420 g/mol. The molecule has 192 valence electrons. The second-order valence-corrected chi connectivity index (χ2v) is 13.2. The highest BCUT2D eigenvalue weighted by Crippen LogP contribution is 2.69. The lowest BCUT2D eigenvalue weighted by atomic mass is 9.41. The van der Waals surface area contributed by atoms with Gasteiger partial charge in [-0.2, -0.15) is 0 Å². The van der Waals surface area contributed by atoms with Crippen molar-refractivity contribution in [2.24, 2.45) is 46.3 Å². The molecule has 4 rings (SSSR count). The summed E-state index contributed by atoms with van der Waals surface area (Å²) in [6, 6.07) is 0. The van der Waals surface area contributed by atoms with Crippen molar-refractivity contribution in [3.05, 3.63) is 0 Å². The first-order valence-corrected chi connectivity index (χ1v) is 13.4. The first kappa shape index (κ1) is 25.8. The van der Waals surface area contributed by atoms with E-state index in [1.165, 1.54) is 0 Å². The second-order valence-electron chi connectivity index (χ2n) is 13.2. The molecule has 4 fully saturated rings. The van der Waals surface area contributed by atoms with E-state index in [4.69, 9.17) is 0 Å². The number of fused-ring (bicyclic) bond motifs is 5. The lowest BCUT2D eigenvalue weighted by Gasteiger charge is -2.66. The summed E-state index contributed by atoms with van der Waals surface area (Å²) in [6.45, 7) is 10.6. The normalized spacial score (nSPS) is 53.8. The topological polar surface area (TPSA) is 121 Å². The molecule has 0 amide bonds. The van der Waals surface area contributed by atoms with E-state index in [1.54, 1.807) is 0 Å². The maximum absolute atomic E-state index is 12.3. The monoisotopic (exact) mass is 468 g/mol. The lowest BCUT2D eigenvalue weighted by molar-refractivity contribution is -0.280. The third-order valence-corrected chi connectivity index (χ3v) is 11.2. The SMILES string of the molecule is CC(C)[C@@H](O)CC[C@@H](C)[C@H]1C[C@H](O)[C@@H]2[C@]1(C)CC[C@H]1[C@@]2(O)C[C@@H](O)C2[C@@H](O)[C@@H](O)CC[C@@]21C. The third-order valence-electron chi connectivity index (χ3n) is 11.2. The molecule has 0 aliphatic heterocycles. The van der Waals surface area contributed by atoms with Gasteiger partial charge in [0, 0.05) is 18.3 Å². The third kappa shape index (κ3) is 3.82. The van der Waals surface area contributed by atoms with Gasteiger partial charge in [0.15, 0.2) is 0 Å². The zero-order valence-corrected chi connectivity index (χ0v) is 21.2. The van der Waals surface area contributed by atoms with Crippen LogP contribution in [0.2, 0.25) is 0 Å². The molecule has 0 saturated heterocycles. The minimum Gasteiger partial charge on any atom is -0.393 e. The predicted molar refractivity (Wildman–Crippen MR) is 126 cm³/mol. The van der Waals surface area contributed by atoms with Crippen LogP contribution in [0.4, 0.5) is 0 Å². The molecule has 4 saturated carbocycles. The first-order valence-electron chi connectivity index (χ1n) is 13.4. The van der Waals surface area contributed by atoms with Gasteiger partial charge < -0.3 is 30.6 Å². The maximum Gasteiger partial charge on any atom is 0.0857 e. The van der Waals surface area contributed by atoms with Crippen LogP contribution < -0.4 is 0 Å². The van der Waals surface area contributed by atoms with Crippen LogP contribution in [-0.2, 0) is 0 Å². The number of aliphatic hydroxyl groups excluding tert-OH is 5. The van der Waals surface area contributed by atoms with Crippen LogP contribution in [0.1, 0.15) is 86.0 Å². The number of aliphatic hydroxyl groups is 6. The van der Waals surface area contributed by atoms with Gasteiger partial charge in [-0.15, -0.1) is 0 Å². The minimum absolute atomic E-state index is 0.120. The Morgan fingerprint density at radius 2 is 1.48 bits per heavy atom. The first-order chi connectivity index (χ1) is 15.3. The summed E-state index contributed by atoms with van der Waals surface area (Å²) >= 11 is 0. The van der Waals surface area contributed by atoms with E-state index in [9.17, 15) is 30.6 Å². The van der Waals surface area contributed by atoms with E-state index < -0.39 is 41.3 Å². The van der Waals surface area contributed by atoms with Crippen LogP contribution in [0.15, 0.2) is 0 Å². The van der Waals surface area contributed by atoms with E-state index in [1.807, 2.05) is 13.8 Å². The Balaban J connectivity index is 1.61. The summed E-state index contributed by atoms with van der Waals surface area (Å²) in [5.41, 5.74) is -1.90. The molecule has 6 N–H and O–H groups in total. The Labute approximate surface area is 199 Å². The summed E-state index contributed by atoms with van der Waals surface area (Å²) in [5.74, 6) is -0.0861. The summed E-state index contributed by atoms with van der Waals surface area (Å²) in [5, 5.41) is 66.2. The molecule has 0 aromatic rings. The van der Waals surface area contributed by atoms with Crippen molar-refractivity contribution in [1.29, 1.82) is 0 Å². The molecular formula is C27H48O6. The van der Waals surface area contributed by atoms with Crippen molar-refractivity contribution in [1.82, 2.24) is 0 Å². The highest BCUT2D eigenvalue weighted by Gasteiger charge is 2.71. The molecule has 0 bridgehead atoms. The molecule has 4 aliphatic rings. The van der Waals surface area contributed by atoms with Gasteiger partial charge in [0.25, 0.3) is 0 Å². The fourth-order valence-corrected chi connectivity index (χ4v) is 9.48. The van der Waals surface area contributed by atoms with E-state index in [0.29, 0.717) is 25.2 Å². The van der Waals surface area contributed by atoms with Crippen molar-refractivity contribution in [3.8, 4) is 0 Å². The fraction of sp³-hybridized carbons (Fsp3) is 1.00. The maximum atomic E-state index is 12.3. The zero-order valence-electron chi connectivity index (χ0n) is 21.2. The molecule has 0 radical (unpaired) electrons. The number of hydrogen-bond donors (Lipinski definition) is 6. The van der Waals surface area contributed by atoms with Gasteiger partial charge >= 0.3 is 0 Å². The van der Waals surface area contributed by atoms with Crippen LogP contribution in [0.3, 0.4) is 0 Å². The van der Waals surface area contributed by atoms with Crippen LogP contribution in [0.5, 0.6) is 0 Å². The Kier molecular flexibility index (Phi) is 6.82. The van der Waals surface area contributed by atoms with Gasteiger partial charge in [0.1, 0.15) is 0 Å². The summed E-state index contributed by atoms with van der Waals surface area (Å²) < 4.78 is 0. The van der Waals surface area contributed by atoms with Gasteiger partial charge in [-0.3, -0.25) is 0 Å². The smallest absolute Gasteiger partial charge is 0.0857 e. The predicted octanol–water partition coefficient (Wildman–Crippen LogP) is 2.47. The Bertz CT molecular complexity index is 715. The number of rotatable bonds is 5. The highest BCUT2D eigenvalue weighted by atomic mass is 16.3. The molecule has 33 heavy (non-hydrogen) atoms. The summed E-state index contributed by atoms with van der Waals surface area (Å²) in [7, 11) is 0. The van der Waals surface area contributed by atoms with E-state index >= 15 is 0 Å². The molecule has 13 atom stereocenters. The molecule has 6 nitrogen and oxygen atoms in total. The molecule has 0 aromatic heterocycles. The second kappa shape index (κ2) is 8.70. The Morgan fingerprint density at radius 3 is 2.12 bits per heavy atom. The van der Waals surface area contributed by atoms with Crippen LogP contribution in [0.25, 0.3) is 0 Å². The van der Waals surface area contributed by atoms with Gasteiger partial charge in [-0.05, 0) is 79.4 Å². The minimum atomic E-state index is -1.19. The van der Waals surface area contributed by atoms with Gasteiger partial charge in [-0.25, -0.2) is 0 Å². The van der Waals surface area contributed by atoms with Crippen molar-refractivity contribution in [2.75, 3.05) is 0 Å². The van der Waals surface area contributed by atoms with Gasteiger partial charge in [-0.1, -0.05) is 34.6 Å². The Hall–Kier alpha value is -0.240. The quantitative estimate of drug-likeness (QED) is 0.369. The molecule has 1 unspecified atom stereocenters. The van der Waals surface area contributed by atoms with Crippen molar-refractivity contribution >= 4 is 0 Å². The molecule has 0 aromatic carbocycles. The van der Waals surface area contributed by atoms with Crippen molar-refractivity contribution < 1.29 is 30.6 Å². The van der Waals surface area contributed by atoms with Gasteiger partial charge in [0.05, 0.1) is 36.1 Å². The largest absolute Gasteiger partial charge is 0.393 e. The van der Waals surface area contributed by atoms with Crippen LogP contribution >= 0.6 is 0 Å². The van der Waals surface area contributed by atoms with E-state index in [0.717, 1.165) is 25.7 Å². The molecule has 6 heteroatoms. The molecule has 4 aliphatic carbocycles. The van der Waals surface area contributed by atoms with E-state index in [-0.39, 0.29) is 41.6 Å². The fourth-order valence-electron chi connectivity index (χ4n) is 9.48. The van der Waals surface area contributed by atoms with Crippen LogP contribution in [-0.4, -0.2) is 66.8 Å². The van der Waals surface area contributed by atoms with Crippen LogP contribution in [0, 0.1) is 46.3 Å². The van der Waals surface area contributed by atoms with Gasteiger partial charge in [0.2, 0.25) is 0 Å². The summed E-state index contributed by atoms with van der Waals surface area (Å²) in [6.07, 6.45) is 1.60. The van der Waals surface area contributed by atoms with Crippen molar-refractivity contribution in [3.63, 3.8) is 0 Å². The standard InChI is InChI=1S/C27H48O6/c1-14(2)17(28)7-6-15(3)16-12-19(30)24-25(16,4)11-9-21-26(5)10-8-18(29)23(32)22(26)20(31)13-27(21,24)33/h14-24,28-33H,6-13H2,1-5H3/t15-,16-,17+,18+,19+,20-,21-,22?,23+,24-,25-,26-,27+/m1/s1. The lowest BCUT2D eigenvalue weighted by Crippen LogP contribution is -2.70. The number of hydrogen-bond acceptors (Lipinski definition) is 6. The average molecular weight is 469 g/mol. The van der Waals surface area contributed by atoms with E-state index in [2.05, 4.69) is 20.8 Å². The highest BCUT2D eigenvalue weighted by molar-refractivity contribution is 5.20.